The molecule has 0 fully saturated rings. The van der Waals surface area contributed by atoms with Crippen LogP contribution in [0.5, 0.6) is 11.5 Å². The SMILES string of the molecule is COc1ccc(OC)c(C(=O)Nc2ccncc2N)c1. The van der Waals surface area contributed by atoms with Crippen LogP contribution < -0.4 is 20.5 Å². The Morgan fingerprint density at radius 3 is 2.70 bits per heavy atom. The fourth-order valence-electron chi connectivity index (χ4n) is 1.70. The van der Waals surface area contributed by atoms with Crippen LogP contribution in [0.1, 0.15) is 10.4 Å². The molecule has 20 heavy (non-hydrogen) atoms. The molecule has 0 aliphatic rings. The van der Waals surface area contributed by atoms with Gasteiger partial charge in [0.25, 0.3) is 5.91 Å². The van der Waals surface area contributed by atoms with Crippen LogP contribution in [-0.2, 0) is 0 Å². The molecular formula is C14H15N3O3. The highest BCUT2D eigenvalue weighted by molar-refractivity contribution is 6.07. The van der Waals surface area contributed by atoms with Crippen LogP contribution in [0.15, 0.2) is 36.7 Å². The quantitative estimate of drug-likeness (QED) is 0.889. The van der Waals surface area contributed by atoms with Crippen molar-refractivity contribution in [2.75, 3.05) is 25.3 Å². The molecule has 0 aliphatic heterocycles. The van der Waals surface area contributed by atoms with Crippen molar-refractivity contribution in [2.45, 2.75) is 0 Å². The molecule has 0 unspecified atom stereocenters. The maximum Gasteiger partial charge on any atom is 0.259 e. The molecule has 6 nitrogen and oxygen atoms in total. The summed E-state index contributed by atoms with van der Waals surface area (Å²) in [6, 6.07) is 6.62. The van der Waals surface area contributed by atoms with Gasteiger partial charge in [-0.25, -0.2) is 0 Å². The van der Waals surface area contributed by atoms with Crippen molar-refractivity contribution >= 4 is 17.3 Å². The third kappa shape index (κ3) is 2.80. The molecule has 1 heterocycles. The summed E-state index contributed by atoms with van der Waals surface area (Å²) in [7, 11) is 3.03. The van der Waals surface area contributed by atoms with E-state index in [0.29, 0.717) is 28.4 Å². The highest BCUT2D eigenvalue weighted by atomic mass is 16.5. The number of nitrogens with two attached hydrogens (primary N) is 1. The summed E-state index contributed by atoms with van der Waals surface area (Å²) in [4.78, 5) is 16.2. The second-order valence-electron chi connectivity index (χ2n) is 3.98. The first-order valence-corrected chi connectivity index (χ1v) is 5.88. The van der Waals surface area contributed by atoms with E-state index in [1.54, 1.807) is 30.5 Å². The van der Waals surface area contributed by atoms with E-state index in [-0.39, 0.29) is 5.91 Å². The number of pyridine rings is 1. The Morgan fingerprint density at radius 2 is 2.05 bits per heavy atom. The van der Waals surface area contributed by atoms with Gasteiger partial charge < -0.3 is 20.5 Å². The van der Waals surface area contributed by atoms with Gasteiger partial charge in [0, 0.05) is 6.20 Å². The number of nitrogens with one attached hydrogen (secondary N) is 1. The van der Waals surface area contributed by atoms with E-state index >= 15 is 0 Å². The molecule has 0 bridgehead atoms. The van der Waals surface area contributed by atoms with E-state index in [1.807, 2.05) is 0 Å². The highest BCUT2D eigenvalue weighted by Gasteiger charge is 2.14. The Kier molecular flexibility index (Phi) is 4.05. The molecular weight excluding hydrogens is 258 g/mol. The molecule has 104 valence electrons. The standard InChI is InChI=1S/C14H15N3O3/c1-19-9-3-4-13(20-2)10(7-9)14(18)17-12-5-6-16-8-11(12)15/h3-8H,15H2,1-2H3,(H,16,17,18). The zero-order valence-corrected chi connectivity index (χ0v) is 11.2. The number of ether oxygens (including phenoxy) is 2. The number of hydrogen-bond acceptors (Lipinski definition) is 5. The number of aromatic nitrogens is 1. The lowest BCUT2D eigenvalue weighted by atomic mass is 10.1. The first-order chi connectivity index (χ1) is 9.65. The lowest BCUT2D eigenvalue weighted by molar-refractivity contribution is 0.102. The number of methoxy groups -OCH3 is 2. The lowest BCUT2D eigenvalue weighted by Gasteiger charge is -2.11. The molecule has 0 saturated heterocycles. The Balaban J connectivity index is 2.31. The van der Waals surface area contributed by atoms with Crippen molar-refractivity contribution in [2.24, 2.45) is 0 Å². The van der Waals surface area contributed by atoms with E-state index in [1.165, 1.54) is 20.4 Å². The van der Waals surface area contributed by atoms with Gasteiger partial charge in [-0.15, -0.1) is 0 Å². The number of nitrogen functional groups attached to an aromatic ring is 1. The number of amides is 1. The summed E-state index contributed by atoms with van der Waals surface area (Å²) in [5.74, 6) is 0.688. The van der Waals surface area contributed by atoms with Crippen molar-refractivity contribution in [1.82, 2.24) is 4.98 Å². The normalized spacial score (nSPS) is 9.90. The van der Waals surface area contributed by atoms with Gasteiger partial charge in [-0.2, -0.15) is 0 Å². The second kappa shape index (κ2) is 5.92. The highest BCUT2D eigenvalue weighted by Crippen LogP contribution is 2.25. The first kappa shape index (κ1) is 13.7. The second-order valence-corrected chi connectivity index (χ2v) is 3.98. The number of hydrogen-bond donors (Lipinski definition) is 2. The van der Waals surface area contributed by atoms with Gasteiger partial charge >= 0.3 is 0 Å². The third-order valence-electron chi connectivity index (χ3n) is 2.75. The summed E-state index contributed by atoms with van der Waals surface area (Å²) in [6.45, 7) is 0. The van der Waals surface area contributed by atoms with Crippen molar-refractivity contribution in [3.8, 4) is 11.5 Å². The van der Waals surface area contributed by atoms with Gasteiger partial charge in [0.15, 0.2) is 0 Å². The van der Waals surface area contributed by atoms with Gasteiger partial charge in [0.1, 0.15) is 11.5 Å². The number of benzene rings is 1. The molecule has 2 rings (SSSR count). The summed E-state index contributed by atoms with van der Waals surface area (Å²) >= 11 is 0. The Bertz CT molecular complexity index is 629. The topological polar surface area (TPSA) is 86.5 Å². The van der Waals surface area contributed by atoms with E-state index in [4.69, 9.17) is 15.2 Å². The predicted octanol–water partition coefficient (Wildman–Crippen LogP) is 1.93. The Hall–Kier alpha value is -2.76. The minimum atomic E-state index is -0.335. The fourth-order valence-corrected chi connectivity index (χ4v) is 1.70. The molecule has 1 aromatic carbocycles. The number of carbonyl (C=O) groups excluding carboxylic acids is 1. The summed E-state index contributed by atoms with van der Waals surface area (Å²) in [5, 5.41) is 2.71. The van der Waals surface area contributed by atoms with Gasteiger partial charge in [0.05, 0.1) is 37.4 Å². The number of carbonyl (C=O) groups is 1. The summed E-state index contributed by atoms with van der Waals surface area (Å²) in [5.41, 5.74) is 6.99. The van der Waals surface area contributed by atoms with Gasteiger partial charge in [-0.05, 0) is 24.3 Å². The molecule has 1 amide bonds. The van der Waals surface area contributed by atoms with E-state index in [0.717, 1.165) is 0 Å². The largest absolute Gasteiger partial charge is 0.497 e. The maximum atomic E-state index is 12.3. The van der Waals surface area contributed by atoms with Crippen LogP contribution in [0.4, 0.5) is 11.4 Å². The van der Waals surface area contributed by atoms with Gasteiger partial charge in [-0.3, -0.25) is 9.78 Å². The Morgan fingerprint density at radius 1 is 1.25 bits per heavy atom. The zero-order valence-electron chi connectivity index (χ0n) is 11.2. The molecule has 3 N–H and O–H groups in total. The van der Waals surface area contributed by atoms with Crippen LogP contribution in [0.3, 0.4) is 0 Å². The third-order valence-corrected chi connectivity index (χ3v) is 2.75. The lowest BCUT2D eigenvalue weighted by Crippen LogP contribution is -2.14. The van der Waals surface area contributed by atoms with Crippen LogP contribution in [-0.4, -0.2) is 25.1 Å². The van der Waals surface area contributed by atoms with Crippen LogP contribution in [0, 0.1) is 0 Å². The average Bonchev–Trinajstić information content (AvgIpc) is 2.48. The van der Waals surface area contributed by atoms with Crippen molar-refractivity contribution < 1.29 is 14.3 Å². The van der Waals surface area contributed by atoms with Crippen LogP contribution in [0.25, 0.3) is 0 Å². The molecule has 1 aromatic heterocycles. The van der Waals surface area contributed by atoms with Gasteiger partial charge in [0.2, 0.25) is 0 Å². The van der Waals surface area contributed by atoms with Crippen LogP contribution in [0.2, 0.25) is 0 Å². The van der Waals surface area contributed by atoms with E-state index in [2.05, 4.69) is 10.3 Å². The minimum Gasteiger partial charge on any atom is -0.497 e. The minimum absolute atomic E-state index is 0.335. The molecule has 0 spiro atoms. The smallest absolute Gasteiger partial charge is 0.259 e. The predicted molar refractivity (Wildman–Crippen MR) is 76.1 cm³/mol. The zero-order chi connectivity index (χ0) is 14.5. The molecule has 0 atom stereocenters. The maximum absolute atomic E-state index is 12.3. The fraction of sp³-hybridized carbons (Fsp3) is 0.143. The number of rotatable bonds is 4. The molecule has 2 aromatic rings. The number of anilines is 2. The summed E-state index contributed by atoms with van der Waals surface area (Å²) in [6.07, 6.45) is 3.02. The first-order valence-electron chi connectivity index (χ1n) is 5.88. The van der Waals surface area contributed by atoms with Crippen LogP contribution >= 0.6 is 0 Å². The van der Waals surface area contributed by atoms with Crippen molar-refractivity contribution in [3.63, 3.8) is 0 Å². The summed E-state index contributed by atoms with van der Waals surface area (Å²) < 4.78 is 10.3. The monoisotopic (exact) mass is 273 g/mol. The molecule has 0 saturated carbocycles. The van der Waals surface area contributed by atoms with Crippen molar-refractivity contribution in [3.05, 3.63) is 42.2 Å². The van der Waals surface area contributed by atoms with E-state index in [9.17, 15) is 4.79 Å². The van der Waals surface area contributed by atoms with Crippen molar-refractivity contribution in [1.29, 1.82) is 0 Å². The Labute approximate surface area is 116 Å². The molecule has 6 heteroatoms. The average molecular weight is 273 g/mol. The van der Waals surface area contributed by atoms with E-state index < -0.39 is 0 Å². The molecule has 0 radical (unpaired) electrons. The van der Waals surface area contributed by atoms with Gasteiger partial charge in [-0.1, -0.05) is 0 Å². The number of nitrogens with zero attached hydrogens (tertiary/aromatic N) is 1. The molecule has 0 aliphatic carbocycles.